The van der Waals surface area contributed by atoms with E-state index in [1.165, 1.54) is 36.4 Å². The van der Waals surface area contributed by atoms with Crippen LogP contribution in [0.25, 0.3) is 0 Å². The lowest BCUT2D eigenvalue weighted by atomic mass is 10.0. The fourth-order valence-corrected chi connectivity index (χ4v) is 2.36. The molecule has 0 fully saturated rings. The van der Waals surface area contributed by atoms with Crippen LogP contribution in [0.1, 0.15) is 15.9 Å². The smallest absolute Gasteiger partial charge is 0.171 e. The molecule has 0 radical (unpaired) electrons. The van der Waals surface area contributed by atoms with E-state index in [1.54, 1.807) is 0 Å². The first kappa shape index (κ1) is 14.2. The van der Waals surface area contributed by atoms with Gasteiger partial charge in [0.1, 0.15) is 11.6 Å². The molecule has 2 aromatic carbocycles. The number of carbonyl (C=O) groups is 1. The number of rotatable bonds is 3. The molecule has 0 saturated carbocycles. The molecule has 0 aliphatic rings. The van der Waals surface area contributed by atoms with Crippen molar-refractivity contribution in [3.63, 3.8) is 0 Å². The molecule has 0 aliphatic heterocycles. The highest BCUT2D eigenvalue weighted by Gasteiger charge is 2.17. The molecule has 0 saturated heterocycles. The van der Waals surface area contributed by atoms with Crippen LogP contribution in [0.15, 0.2) is 40.9 Å². The van der Waals surface area contributed by atoms with Gasteiger partial charge in [-0.3, -0.25) is 4.79 Å². The molecule has 19 heavy (non-hydrogen) atoms. The quantitative estimate of drug-likeness (QED) is 0.730. The molecular weight excluding hydrogens is 338 g/mol. The monoisotopic (exact) mass is 344 g/mol. The van der Waals surface area contributed by atoms with E-state index in [-0.39, 0.29) is 17.0 Å². The van der Waals surface area contributed by atoms with Crippen LogP contribution in [0.2, 0.25) is 5.02 Å². The number of ketones is 1. The van der Waals surface area contributed by atoms with Crippen LogP contribution in [0.5, 0.6) is 0 Å². The van der Waals surface area contributed by atoms with E-state index in [0.29, 0.717) is 10.0 Å². The number of Topliss-reactive ketones (excluding diaryl/α,β-unsaturated/α-hetero) is 1. The minimum absolute atomic E-state index is 0.0533. The highest BCUT2D eigenvalue weighted by Crippen LogP contribution is 2.24. The Morgan fingerprint density at radius 3 is 2.63 bits per heavy atom. The second-order valence-electron chi connectivity index (χ2n) is 3.93. The number of benzene rings is 2. The number of hydrogen-bond acceptors (Lipinski definition) is 1. The van der Waals surface area contributed by atoms with Crippen LogP contribution in [-0.4, -0.2) is 5.78 Å². The zero-order valence-electron chi connectivity index (χ0n) is 9.59. The van der Waals surface area contributed by atoms with Gasteiger partial charge in [-0.2, -0.15) is 0 Å². The topological polar surface area (TPSA) is 17.1 Å². The van der Waals surface area contributed by atoms with E-state index >= 15 is 0 Å². The van der Waals surface area contributed by atoms with Gasteiger partial charge in [-0.05, 0) is 35.9 Å². The summed E-state index contributed by atoms with van der Waals surface area (Å²) in [5.74, 6) is -1.62. The average molecular weight is 346 g/mol. The summed E-state index contributed by atoms with van der Waals surface area (Å²) >= 11 is 9.04. The number of hydrogen-bond donors (Lipinski definition) is 0. The van der Waals surface area contributed by atoms with Gasteiger partial charge in [0.2, 0.25) is 0 Å². The Bertz CT molecular complexity index is 623. The molecule has 0 heterocycles. The summed E-state index contributed by atoms with van der Waals surface area (Å²) in [4.78, 5) is 12.1. The molecule has 5 heteroatoms. The Morgan fingerprint density at radius 2 is 1.95 bits per heavy atom. The minimum atomic E-state index is -0.676. The third-order valence-electron chi connectivity index (χ3n) is 2.60. The Kier molecular flexibility index (Phi) is 4.32. The van der Waals surface area contributed by atoms with E-state index in [9.17, 15) is 13.6 Å². The van der Waals surface area contributed by atoms with Crippen molar-refractivity contribution in [1.82, 2.24) is 0 Å². The maximum atomic E-state index is 13.6. The van der Waals surface area contributed by atoms with E-state index < -0.39 is 17.4 Å². The van der Waals surface area contributed by atoms with Crippen LogP contribution in [0.3, 0.4) is 0 Å². The van der Waals surface area contributed by atoms with Crippen LogP contribution >= 0.6 is 27.5 Å². The highest BCUT2D eigenvalue weighted by atomic mass is 79.9. The van der Waals surface area contributed by atoms with Gasteiger partial charge >= 0.3 is 0 Å². The first-order chi connectivity index (χ1) is 8.99. The SMILES string of the molecule is O=C(Cc1cc(F)ccc1Br)c1c(F)cccc1Cl. The Balaban J connectivity index is 2.34. The van der Waals surface area contributed by atoms with Crippen LogP contribution in [0.4, 0.5) is 8.78 Å². The molecule has 2 rings (SSSR count). The largest absolute Gasteiger partial charge is 0.294 e. The molecule has 0 bridgehead atoms. The fourth-order valence-electron chi connectivity index (χ4n) is 1.70. The first-order valence-corrected chi connectivity index (χ1v) is 6.57. The summed E-state index contributed by atoms with van der Waals surface area (Å²) in [6.45, 7) is 0. The van der Waals surface area contributed by atoms with Crippen molar-refractivity contribution in [2.75, 3.05) is 0 Å². The van der Waals surface area contributed by atoms with Crippen LogP contribution < -0.4 is 0 Å². The molecule has 0 unspecified atom stereocenters. The molecule has 2 aromatic rings. The third kappa shape index (κ3) is 3.19. The van der Waals surface area contributed by atoms with Crippen molar-refractivity contribution < 1.29 is 13.6 Å². The summed E-state index contributed by atoms with van der Waals surface area (Å²) < 4.78 is 27.3. The summed E-state index contributed by atoms with van der Waals surface area (Å²) in [6.07, 6.45) is -0.126. The summed E-state index contributed by atoms with van der Waals surface area (Å²) in [5, 5.41) is 0.0533. The normalized spacial score (nSPS) is 10.5. The predicted molar refractivity (Wildman–Crippen MR) is 73.5 cm³/mol. The zero-order chi connectivity index (χ0) is 14.0. The van der Waals surface area contributed by atoms with Gasteiger partial charge in [-0.15, -0.1) is 0 Å². The number of carbonyl (C=O) groups excluding carboxylic acids is 1. The van der Waals surface area contributed by atoms with Gasteiger partial charge < -0.3 is 0 Å². The standard InChI is InChI=1S/C14H8BrClF2O/c15-10-5-4-9(17)6-8(10)7-13(19)14-11(16)2-1-3-12(14)18/h1-6H,7H2. The van der Waals surface area contributed by atoms with E-state index in [1.807, 2.05) is 0 Å². The predicted octanol–water partition coefficient (Wildman–Crippen LogP) is 4.81. The Labute approximate surface area is 122 Å². The first-order valence-electron chi connectivity index (χ1n) is 5.40. The van der Waals surface area contributed by atoms with Gasteiger partial charge in [0.25, 0.3) is 0 Å². The van der Waals surface area contributed by atoms with E-state index in [4.69, 9.17) is 11.6 Å². The van der Waals surface area contributed by atoms with Crippen LogP contribution in [0, 0.1) is 11.6 Å². The second-order valence-corrected chi connectivity index (χ2v) is 5.19. The second kappa shape index (κ2) is 5.80. The van der Waals surface area contributed by atoms with Crippen molar-refractivity contribution in [2.24, 2.45) is 0 Å². The molecule has 0 spiro atoms. The van der Waals surface area contributed by atoms with Crippen molar-refractivity contribution >= 4 is 33.3 Å². The van der Waals surface area contributed by atoms with Crippen LogP contribution in [-0.2, 0) is 6.42 Å². The summed E-state index contributed by atoms with van der Waals surface area (Å²) in [5.41, 5.74) is 0.282. The van der Waals surface area contributed by atoms with Gasteiger partial charge in [0.15, 0.2) is 5.78 Å². The van der Waals surface area contributed by atoms with E-state index in [0.717, 1.165) is 0 Å². The fraction of sp³-hybridized carbons (Fsp3) is 0.0714. The zero-order valence-corrected chi connectivity index (χ0v) is 11.9. The van der Waals surface area contributed by atoms with Crippen molar-refractivity contribution in [1.29, 1.82) is 0 Å². The lowest BCUT2D eigenvalue weighted by Crippen LogP contribution is -2.07. The maximum absolute atomic E-state index is 13.6. The highest BCUT2D eigenvalue weighted by molar-refractivity contribution is 9.10. The molecular formula is C14H8BrClF2O. The van der Waals surface area contributed by atoms with Crippen molar-refractivity contribution in [2.45, 2.75) is 6.42 Å². The Hall–Kier alpha value is -1.26. The lowest BCUT2D eigenvalue weighted by Gasteiger charge is -2.07. The molecule has 0 amide bonds. The van der Waals surface area contributed by atoms with Crippen molar-refractivity contribution in [3.8, 4) is 0 Å². The Morgan fingerprint density at radius 1 is 1.21 bits per heavy atom. The average Bonchev–Trinajstić information content (AvgIpc) is 2.33. The van der Waals surface area contributed by atoms with Gasteiger partial charge in [0, 0.05) is 10.9 Å². The molecule has 98 valence electrons. The third-order valence-corrected chi connectivity index (χ3v) is 3.69. The number of halogens is 4. The van der Waals surface area contributed by atoms with Gasteiger partial charge in [-0.25, -0.2) is 8.78 Å². The van der Waals surface area contributed by atoms with E-state index in [2.05, 4.69) is 15.9 Å². The van der Waals surface area contributed by atoms with Gasteiger partial charge in [-0.1, -0.05) is 33.6 Å². The minimum Gasteiger partial charge on any atom is -0.294 e. The lowest BCUT2D eigenvalue weighted by molar-refractivity contribution is 0.0989. The molecule has 0 atom stereocenters. The van der Waals surface area contributed by atoms with Crippen molar-refractivity contribution in [3.05, 3.63) is 68.7 Å². The molecule has 0 N–H and O–H groups in total. The molecule has 1 nitrogen and oxygen atoms in total. The maximum Gasteiger partial charge on any atom is 0.171 e. The molecule has 0 aromatic heterocycles. The molecule has 0 aliphatic carbocycles. The summed E-state index contributed by atoms with van der Waals surface area (Å²) in [6, 6.07) is 8.04. The summed E-state index contributed by atoms with van der Waals surface area (Å²) in [7, 11) is 0. The van der Waals surface area contributed by atoms with Gasteiger partial charge in [0.05, 0.1) is 10.6 Å².